The SMILES string of the molecule is CC(=O)N(CC(=O)N1CCc2ccccc21)c1ccc(F)c(F)c1. The summed E-state index contributed by atoms with van der Waals surface area (Å²) in [6.07, 6.45) is 0.757. The normalized spacial score (nSPS) is 12.9. The Labute approximate surface area is 138 Å². The van der Waals surface area contributed by atoms with Gasteiger partial charge in [0.15, 0.2) is 11.6 Å². The molecule has 0 N–H and O–H groups in total. The largest absolute Gasteiger partial charge is 0.310 e. The predicted octanol–water partition coefficient (Wildman–Crippen LogP) is 2.91. The first kappa shape index (κ1) is 16.1. The van der Waals surface area contributed by atoms with Crippen LogP contribution in [0.3, 0.4) is 0 Å². The number of carbonyl (C=O) groups excluding carboxylic acids is 2. The molecular formula is C18H16F2N2O2. The molecule has 24 heavy (non-hydrogen) atoms. The minimum atomic E-state index is -1.06. The number of nitrogens with zero attached hydrogens (tertiary/aromatic N) is 2. The van der Waals surface area contributed by atoms with Crippen molar-refractivity contribution in [2.24, 2.45) is 0 Å². The van der Waals surface area contributed by atoms with Crippen molar-refractivity contribution in [3.05, 3.63) is 59.7 Å². The van der Waals surface area contributed by atoms with E-state index < -0.39 is 17.5 Å². The third-order valence-corrected chi connectivity index (χ3v) is 4.08. The average Bonchev–Trinajstić information content (AvgIpc) is 2.99. The Bertz CT molecular complexity index is 807. The fourth-order valence-electron chi connectivity index (χ4n) is 2.86. The van der Waals surface area contributed by atoms with Crippen LogP contribution in [-0.2, 0) is 16.0 Å². The Kier molecular flexibility index (Phi) is 4.29. The van der Waals surface area contributed by atoms with Gasteiger partial charge in [0.1, 0.15) is 6.54 Å². The van der Waals surface area contributed by atoms with Crippen molar-refractivity contribution in [1.29, 1.82) is 0 Å². The highest BCUT2D eigenvalue weighted by Gasteiger charge is 2.27. The highest BCUT2D eigenvalue weighted by molar-refractivity contribution is 6.03. The molecule has 0 bridgehead atoms. The van der Waals surface area contributed by atoms with Gasteiger partial charge in [0, 0.05) is 30.9 Å². The van der Waals surface area contributed by atoms with Gasteiger partial charge in [-0.15, -0.1) is 0 Å². The number of anilines is 2. The summed E-state index contributed by atoms with van der Waals surface area (Å²) in [4.78, 5) is 27.2. The molecule has 0 unspecified atom stereocenters. The number of para-hydroxylation sites is 1. The average molecular weight is 330 g/mol. The summed E-state index contributed by atoms with van der Waals surface area (Å²) in [5, 5.41) is 0. The van der Waals surface area contributed by atoms with Crippen LogP contribution >= 0.6 is 0 Å². The highest BCUT2D eigenvalue weighted by atomic mass is 19.2. The van der Waals surface area contributed by atoms with Crippen LogP contribution in [0.15, 0.2) is 42.5 Å². The van der Waals surface area contributed by atoms with Gasteiger partial charge < -0.3 is 9.80 Å². The van der Waals surface area contributed by atoms with Gasteiger partial charge in [-0.2, -0.15) is 0 Å². The molecule has 3 rings (SSSR count). The highest BCUT2D eigenvalue weighted by Crippen LogP contribution is 2.28. The quantitative estimate of drug-likeness (QED) is 0.868. The lowest BCUT2D eigenvalue weighted by Gasteiger charge is -2.24. The second-order valence-electron chi connectivity index (χ2n) is 5.63. The third kappa shape index (κ3) is 2.99. The van der Waals surface area contributed by atoms with Crippen LogP contribution in [0.2, 0.25) is 0 Å². The van der Waals surface area contributed by atoms with Crippen molar-refractivity contribution in [3.8, 4) is 0 Å². The summed E-state index contributed by atoms with van der Waals surface area (Å²) >= 11 is 0. The molecule has 4 nitrogen and oxygen atoms in total. The van der Waals surface area contributed by atoms with Crippen LogP contribution in [0.4, 0.5) is 20.2 Å². The molecule has 0 spiro atoms. The lowest BCUT2D eigenvalue weighted by Crippen LogP contribution is -2.41. The number of hydrogen-bond donors (Lipinski definition) is 0. The van der Waals surface area contributed by atoms with E-state index in [9.17, 15) is 18.4 Å². The molecule has 0 aromatic heterocycles. The van der Waals surface area contributed by atoms with Crippen molar-refractivity contribution in [2.75, 3.05) is 22.9 Å². The molecule has 6 heteroatoms. The molecule has 0 saturated heterocycles. The molecule has 2 aromatic rings. The van der Waals surface area contributed by atoms with Crippen LogP contribution < -0.4 is 9.80 Å². The van der Waals surface area contributed by atoms with E-state index in [-0.39, 0.29) is 18.1 Å². The van der Waals surface area contributed by atoms with Crippen LogP contribution in [0.1, 0.15) is 12.5 Å². The molecule has 0 fully saturated rings. The minimum Gasteiger partial charge on any atom is -0.310 e. The predicted molar refractivity (Wildman–Crippen MR) is 86.9 cm³/mol. The first-order valence-electron chi connectivity index (χ1n) is 7.59. The van der Waals surface area contributed by atoms with Gasteiger partial charge in [-0.1, -0.05) is 18.2 Å². The maximum absolute atomic E-state index is 13.4. The summed E-state index contributed by atoms with van der Waals surface area (Å²) in [6.45, 7) is 1.60. The lowest BCUT2D eigenvalue weighted by molar-refractivity contribution is -0.121. The van der Waals surface area contributed by atoms with Gasteiger partial charge >= 0.3 is 0 Å². The molecule has 0 radical (unpaired) electrons. The number of carbonyl (C=O) groups is 2. The van der Waals surface area contributed by atoms with Gasteiger partial charge in [-0.3, -0.25) is 9.59 Å². The first-order chi connectivity index (χ1) is 11.5. The standard InChI is InChI=1S/C18H16F2N2O2/c1-12(23)22(14-6-7-15(19)16(20)10-14)11-18(24)21-9-8-13-4-2-3-5-17(13)21/h2-7,10H,8-9,11H2,1H3. The molecule has 124 valence electrons. The fraction of sp³-hybridized carbons (Fsp3) is 0.222. The van der Waals surface area contributed by atoms with E-state index >= 15 is 0 Å². The van der Waals surface area contributed by atoms with E-state index in [1.807, 2.05) is 24.3 Å². The van der Waals surface area contributed by atoms with Crippen molar-refractivity contribution < 1.29 is 18.4 Å². The monoisotopic (exact) mass is 330 g/mol. The van der Waals surface area contributed by atoms with E-state index in [1.54, 1.807) is 4.90 Å². The van der Waals surface area contributed by atoms with E-state index in [2.05, 4.69) is 0 Å². The second-order valence-corrected chi connectivity index (χ2v) is 5.63. The number of amides is 2. The number of benzene rings is 2. The first-order valence-corrected chi connectivity index (χ1v) is 7.59. The Morgan fingerprint density at radius 2 is 1.88 bits per heavy atom. The zero-order valence-electron chi connectivity index (χ0n) is 13.1. The van der Waals surface area contributed by atoms with Crippen LogP contribution in [0.25, 0.3) is 0 Å². The van der Waals surface area contributed by atoms with E-state index in [0.717, 1.165) is 34.7 Å². The van der Waals surface area contributed by atoms with Crippen LogP contribution in [0, 0.1) is 11.6 Å². The number of hydrogen-bond acceptors (Lipinski definition) is 2. The molecule has 0 atom stereocenters. The molecule has 1 aliphatic heterocycles. The zero-order valence-corrected chi connectivity index (χ0v) is 13.1. The van der Waals surface area contributed by atoms with Crippen molar-refractivity contribution in [3.63, 3.8) is 0 Å². The van der Waals surface area contributed by atoms with Crippen LogP contribution in [-0.4, -0.2) is 24.9 Å². The van der Waals surface area contributed by atoms with Crippen LogP contribution in [0.5, 0.6) is 0 Å². The molecular weight excluding hydrogens is 314 g/mol. The van der Waals surface area contributed by atoms with Crippen molar-refractivity contribution in [1.82, 2.24) is 0 Å². The molecule has 1 aliphatic rings. The molecule has 2 amide bonds. The van der Waals surface area contributed by atoms with Crippen molar-refractivity contribution in [2.45, 2.75) is 13.3 Å². The second kappa shape index (κ2) is 6.39. The Balaban J connectivity index is 1.83. The van der Waals surface area contributed by atoms with Gasteiger partial charge in [0.25, 0.3) is 0 Å². The summed E-state index contributed by atoms with van der Waals surface area (Å²) in [5.41, 5.74) is 2.06. The summed E-state index contributed by atoms with van der Waals surface area (Å²) < 4.78 is 26.5. The molecule has 0 saturated carbocycles. The number of rotatable bonds is 3. The Hall–Kier alpha value is -2.76. The smallest absolute Gasteiger partial charge is 0.247 e. The lowest BCUT2D eigenvalue weighted by atomic mass is 10.2. The third-order valence-electron chi connectivity index (χ3n) is 4.08. The summed E-state index contributed by atoms with van der Waals surface area (Å²) in [7, 11) is 0. The van der Waals surface area contributed by atoms with E-state index in [4.69, 9.17) is 0 Å². The molecule has 2 aromatic carbocycles. The molecule has 0 aliphatic carbocycles. The van der Waals surface area contributed by atoms with Gasteiger partial charge in [-0.05, 0) is 30.2 Å². The molecule has 1 heterocycles. The fourth-order valence-corrected chi connectivity index (χ4v) is 2.86. The summed E-state index contributed by atoms with van der Waals surface area (Å²) in [5.74, 6) is -2.73. The topological polar surface area (TPSA) is 40.6 Å². The minimum absolute atomic E-state index is 0.155. The van der Waals surface area contributed by atoms with Gasteiger partial charge in [-0.25, -0.2) is 8.78 Å². The van der Waals surface area contributed by atoms with Gasteiger partial charge in [0.05, 0.1) is 0 Å². The number of fused-ring (bicyclic) bond motifs is 1. The summed E-state index contributed by atoms with van der Waals surface area (Å²) in [6, 6.07) is 10.7. The Morgan fingerprint density at radius 3 is 2.58 bits per heavy atom. The van der Waals surface area contributed by atoms with Gasteiger partial charge in [0.2, 0.25) is 11.8 Å². The maximum Gasteiger partial charge on any atom is 0.247 e. The van der Waals surface area contributed by atoms with E-state index in [0.29, 0.717) is 6.54 Å². The zero-order chi connectivity index (χ0) is 17.3. The van der Waals surface area contributed by atoms with Crippen molar-refractivity contribution >= 4 is 23.2 Å². The van der Waals surface area contributed by atoms with E-state index in [1.165, 1.54) is 13.0 Å². The number of halogens is 2. The maximum atomic E-state index is 13.4. The Morgan fingerprint density at radius 1 is 1.12 bits per heavy atom.